The summed E-state index contributed by atoms with van der Waals surface area (Å²) in [5.74, 6) is 6.85. The fraction of sp³-hybridized carbons (Fsp3) is 0.600. The fourth-order valence-electron chi connectivity index (χ4n) is 1.29. The zero-order chi connectivity index (χ0) is 12.0. The topological polar surface area (TPSA) is 75.9 Å². The van der Waals surface area contributed by atoms with Crippen molar-refractivity contribution in [2.24, 2.45) is 5.84 Å². The number of thioether (sulfide) groups is 1. The Morgan fingerprint density at radius 2 is 2.12 bits per heavy atom. The highest BCUT2D eigenvalue weighted by molar-refractivity contribution is 7.99. The molecule has 90 valence electrons. The van der Waals surface area contributed by atoms with Crippen LogP contribution in [0.25, 0.3) is 0 Å². The summed E-state index contributed by atoms with van der Waals surface area (Å²) in [6.07, 6.45) is 4.73. The van der Waals surface area contributed by atoms with Crippen LogP contribution in [0.1, 0.15) is 18.9 Å². The molecule has 1 aromatic rings. The van der Waals surface area contributed by atoms with Gasteiger partial charge in [0.25, 0.3) is 0 Å². The van der Waals surface area contributed by atoms with Crippen molar-refractivity contribution in [3.63, 3.8) is 0 Å². The Hall–Kier alpha value is -1.01. The van der Waals surface area contributed by atoms with Crippen LogP contribution in [0, 0.1) is 6.92 Å². The van der Waals surface area contributed by atoms with Gasteiger partial charge >= 0.3 is 0 Å². The largest absolute Gasteiger partial charge is 0.370 e. The number of rotatable bonds is 6. The molecule has 0 aliphatic rings. The van der Waals surface area contributed by atoms with Crippen molar-refractivity contribution in [3.8, 4) is 0 Å². The van der Waals surface area contributed by atoms with Gasteiger partial charge in [-0.3, -0.25) is 0 Å². The second-order valence-corrected chi connectivity index (χ2v) is 4.88. The minimum Gasteiger partial charge on any atom is -0.370 e. The lowest BCUT2D eigenvalue weighted by atomic mass is 10.3. The van der Waals surface area contributed by atoms with Crippen LogP contribution in [0.5, 0.6) is 0 Å². The van der Waals surface area contributed by atoms with Gasteiger partial charge in [0.15, 0.2) is 0 Å². The number of nitrogens with zero attached hydrogens (tertiary/aromatic N) is 2. The van der Waals surface area contributed by atoms with E-state index in [0.29, 0.717) is 11.1 Å². The maximum absolute atomic E-state index is 5.35. The number of nitrogens with one attached hydrogen (secondary N) is 2. The van der Waals surface area contributed by atoms with E-state index >= 15 is 0 Å². The van der Waals surface area contributed by atoms with Gasteiger partial charge in [-0.15, -0.1) is 0 Å². The monoisotopic (exact) mass is 241 g/mol. The first-order valence-corrected chi connectivity index (χ1v) is 6.52. The second kappa shape index (κ2) is 6.55. The SMILES string of the molecule is CSC(C)CCNc1ncnc(NN)c1C. The van der Waals surface area contributed by atoms with Crippen molar-refractivity contribution >= 4 is 23.4 Å². The van der Waals surface area contributed by atoms with Crippen LogP contribution < -0.4 is 16.6 Å². The van der Waals surface area contributed by atoms with E-state index in [1.807, 2.05) is 18.7 Å². The molecule has 1 rings (SSSR count). The molecule has 6 heteroatoms. The molecule has 0 amide bonds. The highest BCUT2D eigenvalue weighted by Gasteiger charge is 2.05. The molecule has 5 nitrogen and oxygen atoms in total. The molecule has 1 aromatic heterocycles. The average molecular weight is 241 g/mol. The van der Waals surface area contributed by atoms with Crippen LogP contribution in [-0.4, -0.2) is 28.0 Å². The first-order valence-electron chi connectivity index (χ1n) is 5.24. The molecule has 0 spiro atoms. The summed E-state index contributed by atoms with van der Waals surface area (Å²) in [5.41, 5.74) is 3.50. The van der Waals surface area contributed by atoms with Crippen molar-refractivity contribution in [1.82, 2.24) is 9.97 Å². The van der Waals surface area contributed by atoms with Gasteiger partial charge in [-0.05, 0) is 19.6 Å². The fourth-order valence-corrected chi connectivity index (χ4v) is 1.64. The zero-order valence-corrected chi connectivity index (χ0v) is 10.8. The van der Waals surface area contributed by atoms with Gasteiger partial charge in [0.05, 0.1) is 0 Å². The van der Waals surface area contributed by atoms with E-state index in [9.17, 15) is 0 Å². The first kappa shape index (κ1) is 13.1. The number of nitrogen functional groups attached to an aromatic ring is 1. The molecular formula is C10H19N5S. The standard InChI is InChI=1S/C10H19N5S/c1-7(16-3)4-5-12-9-8(2)10(15-11)14-6-13-9/h6-7H,4-5,11H2,1-3H3,(H2,12,13,14,15). The number of hydrogen-bond donors (Lipinski definition) is 3. The zero-order valence-electron chi connectivity index (χ0n) is 9.95. The van der Waals surface area contributed by atoms with Gasteiger partial charge < -0.3 is 10.7 Å². The van der Waals surface area contributed by atoms with Crippen LogP contribution in [0.4, 0.5) is 11.6 Å². The lowest BCUT2D eigenvalue weighted by molar-refractivity contribution is 0.847. The predicted octanol–water partition coefficient (Wildman–Crippen LogP) is 1.62. The molecule has 0 aromatic carbocycles. The highest BCUT2D eigenvalue weighted by atomic mass is 32.2. The maximum atomic E-state index is 5.35. The number of aromatic nitrogens is 2. The van der Waals surface area contributed by atoms with Crippen molar-refractivity contribution in [1.29, 1.82) is 0 Å². The summed E-state index contributed by atoms with van der Waals surface area (Å²) in [6.45, 7) is 5.06. The molecule has 0 saturated carbocycles. The summed E-state index contributed by atoms with van der Waals surface area (Å²) in [5, 5.41) is 3.95. The molecule has 1 unspecified atom stereocenters. The maximum Gasteiger partial charge on any atom is 0.148 e. The Balaban J connectivity index is 2.54. The summed E-state index contributed by atoms with van der Waals surface area (Å²) in [6, 6.07) is 0. The van der Waals surface area contributed by atoms with Crippen molar-refractivity contribution in [2.45, 2.75) is 25.5 Å². The van der Waals surface area contributed by atoms with E-state index in [2.05, 4.69) is 33.9 Å². The molecule has 0 saturated heterocycles. The van der Waals surface area contributed by atoms with Gasteiger partial charge in [0.1, 0.15) is 18.0 Å². The molecule has 0 fully saturated rings. The van der Waals surface area contributed by atoms with Gasteiger partial charge in [-0.2, -0.15) is 11.8 Å². The van der Waals surface area contributed by atoms with Crippen molar-refractivity contribution < 1.29 is 0 Å². The van der Waals surface area contributed by atoms with Crippen LogP contribution in [0.3, 0.4) is 0 Å². The normalized spacial score (nSPS) is 12.2. The smallest absolute Gasteiger partial charge is 0.148 e. The molecular weight excluding hydrogens is 222 g/mol. The van der Waals surface area contributed by atoms with Gasteiger partial charge in [0, 0.05) is 17.4 Å². The van der Waals surface area contributed by atoms with E-state index < -0.39 is 0 Å². The predicted molar refractivity (Wildman–Crippen MR) is 70.7 cm³/mol. The molecule has 0 bridgehead atoms. The molecule has 0 aliphatic heterocycles. The Labute approximate surface area is 101 Å². The van der Waals surface area contributed by atoms with Gasteiger partial charge in [0.2, 0.25) is 0 Å². The van der Waals surface area contributed by atoms with E-state index in [-0.39, 0.29) is 0 Å². The van der Waals surface area contributed by atoms with Crippen molar-refractivity contribution in [2.75, 3.05) is 23.5 Å². The summed E-state index contributed by atoms with van der Waals surface area (Å²) in [4.78, 5) is 8.21. The number of hydrazine groups is 1. The third kappa shape index (κ3) is 3.53. The van der Waals surface area contributed by atoms with E-state index in [4.69, 9.17) is 5.84 Å². The van der Waals surface area contributed by atoms with E-state index in [0.717, 1.165) is 24.3 Å². The van der Waals surface area contributed by atoms with E-state index in [1.54, 1.807) is 0 Å². The Bertz CT molecular complexity index is 331. The number of anilines is 2. The lowest BCUT2D eigenvalue weighted by Gasteiger charge is -2.12. The molecule has 1 heterocycles. The number of nitrogens with two attached hydrogens (primary N) is 1. The molecule has 1 atom stereocenters. The summed E-state index contributed by atoms with van der Waals surface area (Å²) < 4.78 is 0. The lowest BCUT2D eigenvalue weighted by Crippen LogP contribution is -2.14. The van der Waals surface area contributed by atoms with Gasteiger partial charge in [-0.1, -0.05) is 6.92 Å². The van der Waals surface area contributed by atoms with Crippen LogP contribution >= 0.6 is 11.8 Å². The van der Waals surface area contributed by atoms with Crippen LogP contribution in [0.2, 0.25) is 0 Å². The molecule has 16 heavy (non-hydrogen) atoms. The van der Waals surface area contributed by atoms with Crippen LogP contribution in [-0.2, 0) is 0 Å². The highest BCUT2D eigenvalue weighted by Crippen LogP contribution is 2.17. The Kier molecular flexibility index (Phi) is 5.34. The number of hydrogen-bond acceptors (Lipinski definition) is 6. The Morgan fingerprint density at radius 1 is 1.44 bits per heavy atom. The van der Waals surface area contributed by atoms with E-state index in [1.165, 1.54) is 6.33 Å². The second-order valence-electron chi connectivity index (χ2n) is 3.60. The third-order valence-corrected chi connectivity index (χ3v) is 3.51. The van der Waals surface area contributed by atoms with Crippen molar-refractivity contribution in [3.05, 3.63) is 11.9 Å². The van der Waals surface area contributed by atoms with Crippen LogP contribution in [0.15, 0.2) is 6.33 Å². The molecule has 0 radical (unpaired) electrons. The quantitative estimate of drug-likeness (QED) is 0.519. The average Bonchev–Trinajstić information content (AvgIpc) is 2.31. The minimum atomic E-state index is 0.654. The molecule has 0 aliphatic carbocycles. The third-order valence-electron chi connectivity index (χ3n) is 2.47. The molecule has 4 N–H and O–H groups in total. The minimum absolute atomic E-state index is 0.654. The van der Waals surface area contributed by atoms with Gasteiger partial charge in [-0.25, -0.2) is 15.8 Å². The first-order chi connectivity index (χ1) is 7.69. The summed E-state index contributed by atoms with van der Waals surface area (Å²) in [7, 11) is 0. The summed E-state index contributed by atoms with van der Waals surface area (Å²) >= 11 is 1.87. The Morgan fingerprint density at radius 3 is 2.75 bits per heavy atom.